The average molecular weight is 248 g/mol. The van der Waals surface area contributed by atoms with Gasteiger partial charge in [0.05, 0.1) is 12.2 Å². The zero-order valence-electron chi connectivity index (χ0n) is 10.7. The predicted octanol–water partition coefficient (Wildman–Crippen LogP) is 1.63. The van der Waals surface area contributed by atoms with Crippen molar-refractivity contribution in [2.24, 2.45) is 5.92 Å². The summed E-state index contributed by atoms with van der Waals surface area (Å²) >= 11 is 0. The predicted molar refractivity (Wildman–Crippen MR) is 66.8 cm³/mol. The molecule has 0 bridgehead atoms. The smallest absolute Gasteiger partial charge is 0.222 e. The molecule has 1 aliphatic carbocycles. The Morgan fingerprint density at radius 1 is 1.28 bits per heavy atom. The van der Waals surface area contributed by atoms with Gasteiger partial charge in [-0.3, -0.25) is 4.79 Å². The summed E-state index contributed by atoms with van der Waals surface area (Å²) in [6.07, 6.45) is 10.4. The Bertz CT molecular complexity index is 397. The molecule has 1 aliphatic heterocycles. The second kappa shape index (κ2) is 5.08. The quantitative estimate of drug-likeness (QED) is 0.817. The SMILES string of the molecule is O=C(CC1CCCC1)N1CCC(n2ccnn2)C1. The molecule has 0 N–H and O–H groups in total. The van der Waals surface area contributed by atoms with Crippen molar-refractivity contribution < 1.29 is 4.79 Å². The van der Waals surface area contributed by atoms with Crippen LogP contribution >= 0.6 is 0 Å². The van der Waals surface area contributed by atoms with Gasteiger partial charge >= 0.3 is 0 Å². The molecule has 18 heavy (non-hydrogen) atoms. The second-order valence-electron chi connectivity index (χ2n) is 5.52. The van der Waals surface area contributed by atoms with Gasteiger partial charge in [-0.15, -0.1) is 5.10 Å². The average Bonchev–Trinajstić information content (AvgIpc) is 3.11. The van der Waals surface area contributed by atoms with Gasteiger partial charge < -0.3 is 4.90 Å². The van der Waals surface area contributed by atoms with Crippen LogP contribution in [0.5, 0.6) is 0 Å². The summed E-state index contributed by atoms with van der Waals surface area (Å²) in [5.74, 6) is 0.979. The first-order valence-electron chi connectivity index (χ1n) is 6.96. The van der Waals surface area contributed by atoms with Crippen molar-refractivity contribution in [1.29, 1.82) is 0 Å². The van der Waals surface area contributed by atoms with Gasteiger partial charge in [0.2, 0.25) is 5.91 Å². The molecule has 2 heterocycles. The Balaban J connectivity index is 1.53. The van der Waals surface area contributed by atoms with Crippen molar-refractivity contribution in [3.8, 4) is 0 Å². The third-order valence-corrected chi connectivity index (χ3v) is 4.27. The third-order valence-electron chi connectivity index (χ3n) is 4.27. The van der Waals surface area contributed by atoms with Gasteiger partial charge in [0.15, 0.2) is 0 Å². The van der Waals surface area contributed by atoms with Crippen molar-refractivity contribution in [2.45, 2.75) is 44.6 Å². The molecule has 0 spiro atoms. The second-order valence-corrected chi connectivity index (χ2v) is 5.52. The Kier molecular flexibility index (Phi) is 3.30. The fraction of sp³-hybridized carbons (Fsp3) is 0.769. The first-order valence-corrected chi connectivity index (χ1v) is 6.96. The highest BCUT2D eigenvalue weighted by molar-refractivity contribution is 5.76. The lowest BCUT2D eigenvalue weighted by molar-refractivity contribution is -0.131. The molecule has 1 aromatic heterocycles. The Morgan fingerprint density at radius 2 is 2.11 bits per heavy atom. The fourth-order valence-corrected chi connectivity index (χ4v) is 3.19. The minimum absolute atomic E-state index is 0.319. The molecular formula is C13H20N4O. The van der Waals surface area contributed by atoms with Crippen LogP contribution < -0.4 is 0 Å². The molecule has 5 nitrogen and oxygen atoms in total. The lowest BCUT2D eigenvalue weighted by atomic mass is 10.0. The van der Waals surface area contributed by atoms with E-state index in [4.69, 9.17) is 0 Å². The monoisotopic (exact) mass is 248 g/mol. The summed E-state index contributed by atoms with van der Waals surface area (Å²) in [4.78, 5) is 14.2. The van der Waals surface area contributed by atoms with Crippen LogP contribution in [0.25, 0.3) is 0 Å². The molecule has 1 saturated carbocycles. The highest BCUT2D eigenvalue weighted by atomic mass is 16.2. The number of carbonyl (C=O) groups is 1. The molecule has 0 radical (unpaired) electrons. The molecule has 1 saturated heterocycles. The maximum absolute atomic E-state index is 12.2. The topological polar surface area (TPSA) is 51.0 Å². The van der Waals surface area contributed by atoms with Gasteiger partial charge in [-0.05, 0) is 25.2 Å². The van der Waals surface area contributed by atoms with E-state index in [1.54, 1.807) is 6.20 Å². The van der Waals surface area contributed by atoms with E-state index in [1.807, 2.05) is 15.8 Å². The van der Waals surface area contributed by atoms with Gasteiger partial charge in [0.25, 0.3) is 0 Å². The summed E-state index contributed by atoms with van der Waals surface area (Å²) in [7, 11) is 0. The number of nitrogens with zero attached hydrogens (tertiary/aromatic N) is 4. The van der Waals surface area contributed by atoms with Gasteiger partial charge in [0, 0.05) is 25.7 Å². The van der Waals surface area contributed by atoms with Crippen LogP contribution in [-0.4, -0.2) is 38.9 Å². The van der Waals surface area contributed by atoms with Crippen molar-refractivity contribution in [2.75, 3.05) is 13.1 Å². The van der Waals surface area contributed by atoms with Crippen LogP contribution in [0.3, 0.4) is 0 Å². The number of rotatable bonds is 3. The van der Waals surface area contributed by atoms with E-state index in [0.717, 1.165) is 25.9 Å². The molecule has 1 aromatic rings. The van der Waals surface area contributed by atoms with E-state index in [2.05, 4.69) is 10.3 Å². The highest BCUT2D eigenvalue weighted by Crippen LogP contribution is 2.29. The highest BCUT2D eigenvalue weighted by Gasteiger charge is 2.29. The van der Waals surface area contributed by atoms with Crippen molar-refractivity contribution in [1.82, 2.24) is 19.9 Å². The van der Waals surface area contributed by atoms with Crippen LogP contribution in [0.15, 0.2) is 12.4 Å². The molecule has 1 unspecified atom stereocenters. The number of aromatic nitrogens is 3. The van der Waals surface area contributed by atoms with Crippen LogP contribution in [0.1, 0.15) is 44.6 Å². The Morgan fingerprint density at radius 3 is 2.83 bits per heavy atom. The number of likely N-dealkylation sites (tertiary alicyclic amines) is 1. The van der Waals surface area contributed by atoms with Crippen molar-refractivity contribution in [3.05, 3.63) is 12.4 Å². The van der Waals surface area contributed by atoms with E-state index in [1.165, 1.54) is 25.7 Å². The number of carbonyl (C=O) groups excluding carboxylic acids is 1. The number of hydrogen-bond donors (Lipinski definition) is 0. The lowest BCUT2D eigenvalue weighted by Crippen LogP contribution is -2.30. The van der Waals surface area contributed by atoms with E-state index < -0.39 is 0 Å². The summed E-state index contributed by atoms with van der Waals surface area (Å²) in [6.45, 7) is 1.67. The van der Waals surface area contributed by atoms with Crippen molar-refractivity contribution >= 4 is 5.91 Å². The molecule has 2 fully saturated rings. The molecule has 2 aliphatic rings. The largest absolute Gasteiger partial charge is 0.340 e. The molecule has 1 amide bonds. The first kappa shape index (κ1) is 11.7. The van der Waals surface area contributed by atoms with E-state index in [9.17, 15) is 4.79 Å². The van der Waals surface area contributed by atoms with Gasteiger partial charge in [-0.25, -0.2) is 4.68 Å². The third kappa shape index (κ3) is 2.40. The number of amides is 1. The van der Waals surface area contributed by atoms with Crippen LogP contribution in [0.4, 0.5) is 0 Å². The summed E-state index contributed by atoms with van der Waals surface area (Å²) in [5, 5.41) is 7.85. The zero-order valence-corrected chi connectivity index (χ0v) is 10.7. The molecule has 3 rings (SSSR count). The number of hydrogen-bond acceptors (Lipinski definition) is 3. The van der Waals surface area contributed by atoms with E-state index >= 15 is 0 Å². The maximum atomic E-state index is 12.2. The van der Waals surface area contributed by atoms with Crippen LogP contribution in [0, 0.1) is 5.92 Å². The minimum Gasteiger partial charge on any atom is -0.340 e. The fourth-order valence-electron chi connectivity index (χ4n) is 3.19. The maximum Gasteiger partial charge on any atom is 0.222 e. The van der Waals surface area contributed by atoms with Crippen LogP contribution in [0.2, 0.25) is 0 Å². The Labute approximate surface area is 107 Å². The molecule has 5 heteroatoms. The molecular weight excluding hydrogens is 228 g/mol. The molecule has 98 valence electrons. The summed E-state index contributed by atoms with van der Waals surface area (Å²) in [6, 6.07) is 0.319. The zero-order chi connectivity index (χ0) is 12.4. The Hall–Kier alpha value is -1.39. The van der Waals surface area contributed by atoms with Gasteiger partial charge in [0.1, 0.15) is 0 Å². The van der Waals surface area contributed by atoms with E-state index in [-0.39, 0.29) is 0 Å². The molecule has 1 atom stereocenters. The standard InChI is InChI=1S/C13H20N4O/c18-13(9-11-3-1-2-4-11)16-7-5-12(10-16)17-8-6-14-15-17/h6,8,11-12H,1-5,7,9-10H2. The van der Waals surface area contributed by atoms with Crippen molar-refractivity contribution in [3.63, 3.8) is 0 Å². The lowest BCUT2D eigenvalue weighted by Gasteiger charge is -2.18. The van der Waals surface area contributed by atoms with Gasteiger partial charge in [-0.1, -0.05) is 18.1 Å². The summed E-state index contributed by atoms with van der Waals surface area (Å²) in [5.41, 5.74) is 0. The molecule has 0 aromatic carbocycles. The van der Waals surface area contributed by atoms with E-state index in [0.29, 0.717) is 17.9 Å². The summed E-state index contributed by atoms with van der Waals surface area (Å²) < 4.78 is 1.88. The first-order chi connectivity index (χ1) is 8.83. The normalized spacial score (nSPS) is 24.9. The van der Waals surface area contributed by atoms with Gasteiger partial charge in [-0.2, -0.15) is 0 Å². The van der Waals surface area contributed by atoms with Crippen LogP contribution in [-0.2, 0) is 4.79 Å². The minimum atomic E-state index is 0.319.